The fourth-order valence-electron chi connectivity index (χ4n) is 4.65. The fourth-order valence-corrected chi connectivity index (χ4v) is 5.82. The summed E-state index contributed by atoms with van der Waals surface area (Å²) >= 11 is 7.30. The molecule has 0 fully saturated rings. The molecule has 7 nitrogen and oxygen atoms in total. The van der Waals surface area contributed by atoms with Gasteiger partial charge >= 0.3 is 5.97 Å². The first kappa shape index (κ1) is 29.2. The molecule has 1 aliphatic rings. The summed E-state index contributed by atoms with van der Waals surface area (Å²) in [5.41, 5.74) is 2.32. The minimum absolute atomic E-state index is 0.0622. The van der Waals surface area contributed by atoms with Gasteiger partial charge in [0.1, 0.15) is 18.2 Å². The van der Waals surface area contributed by atoms with Crippen LogP contribution in [0.2, 0.25) is 5.02 Å². The number of aromatic nitrogens is 1. The summed E-state index contributed by atoms with van der Waals surface area (Å²) in [5, 5.41) is 0.519. The Kier molecular flexibility index (Phi) is 8.56. The maximum absolute atomic E-state index is 14.1. The number of rotatable bonds is 8. The Morgan fingerprint density at radius 2 is 1.83 bits per heavy atom. The Hall–Kier alpha value is -4.28. The van der Waals surface area contributed by atoms with E-state index in [1.165, 1.54) is 29.1 Å². The zero-order valence-corrected chi connectivity index (χ0v) is 24.4. The maximum Gasteiger partial charge on any atom is 0.338 e. The molecule has 0 bridgehead atoms. The van der Waals surface area contributed by atoms with Gasteiger partial charge in [-0.15, -0.1) is 0 Å². The van der Waals surface area contributed by atoms with Gasteiger partial charge in [-0.2, -0.15) is 0 Å². The average Bonchev–Trinajstić information content (AvgIpc) is 3.26. The number of methoxy groups -OCH3 is 1. The van der Waals surface area contributed by atoms with E-state index in [0.29, 0.717) is 42.5 Å². The number of nitrogens with zero attached hydrogens (tertiary/aromatic N) is 2. The van der Waals surface area contributed by atoms with Crippen LogP contribution in [0.25, 0.3) is 6.08 Å². The van der Waals surface area contributed by atoms with Crippen LogP contribution in [0.15, 0.2) is 81.7 Å². The number of carbonyl (C=O) groups excluding carboxylic acids is 1. The number of allylic oxidation sites excluding steroid dienone is 1. The monoisotopic (exact) mass is 610 g/mol. The molecule has 0 radical (unpaired) electrons. The van der Waals surface area contributed by atoms with Crippen LogP contribution in [0, 0.1) is 11.6 Å². The number of hydrogen-bond donors (Lipinski definition) is 0. The largest absolute Gasteiger partial charge is 0.496 e. The van der Waals surface area contributed by atoms with Crippen LogP contribution >= 0.6 is 22.9 Å². The zero-order chi connectivity index (χ0) is 30.0. The number of hydrogen-bond acceptors (Lipinski definition) is 7. The molecule has 42 heavy (non-hydrogen) atoms. The third-order valence-corrected chi connectivity index (χ3v) is 7.82. The first-order valence-electron chi connectivity index (χ1n) is 12.9. The quantitative estimate of drug-likeness (QED) is 0.253. The number of thiazole rings is 1. The smallest absolute Gasteiger partial charge is 0.338 e. The molecule has 11 heteroatoms. The predicted octanol–water partition coefficient (Wildman–Crippen LogP) is 5.32. The van der Waals surface area contributed by atoms with Crippen molar-refractivity contribution in [1.29, 1.82) is 0 Å². The van der Waals surface area contributed by atoms with Gasteiger partial charge < -0.3 is 14.2 Å². The van der Waals surface area contributed by atoms with Crippen LogP contribution in [0.1, 0.15) is 36.6 Å². The molecule has 0 amide bonds. The summed E-state index contributed by atoms with van der Waals surface area (Å²) < 4.78 is 45.6. The Morgan fingerprint density at radius 1 is 1.10 bits per heavy atom. The van der Waals surface area contributed by atoms with Gasteiger partial charge in [0.2, 0.25) is 0 Å². The normalized spacial score (nSPS) is 14.8. The molecule has 0 saturated heterocycles. The molecular formula is C31H25ClF2N2O5S. The van der Waals surface area contributed by atoms with E-state index < -0.39 is 23.6 Å². The second-order valence-electron chi connectivity index (χ2n) is 9.29. The lowest BCUT2D eigenvalue weighted by Crippen LogP contribution is -2.39. The first-order valence-corrected chi connectivity index (χ1v) is 14.1. The third-order valence-electron chi connectivity index (χ3n) is 6.58. The summed E-state index contributed by atoms with van der Waals surface area (Å²) in [6, 6.07) is 14.5. The van der Waals surface area contributed by atoms with E-state index >= 15 is 0 Å². The number of fused-ring (bicyclic) bond motifs is 1. The van der Waals surface area contributed by atoms with E-state index in [1.807, 2.05) is 0 Å². The van der Waals surface area contributed by atoms with Crippen molar-refractivity contribution in [1.82, 2.24) is 4.57 Å². The van der Waals surface area contributed by atoms with E-state index in [1.54, 1.807) is 62.4 Å². The molecule has 5 rings (SSSR count). The highest BCUT2D eigenvalue weighted by atomic mass is 35.5. The predicted molar refractivity (Wildman–Crippen MR) is 156 cm³/mol. The highest BCUT2D eigenvalue weighted by molar-refractivity contribution is 7.07. The van der Waals surface area contributed by atoms with Gasteiger partial charge in [0.25, 0.3) is 5.56 Å². The highest BCUT2D eigenvalue weighted by Crippen LogP contribution is 2.31. The summed E-state index contributed by atoms with van der Waals surface area (Å²) in [6.07, 6.45) is 1.70. The lowest BCUT2D eigenvalue weighted by Gasteiger charge is -2.24. The summed E-state index contributed by atoms with van der Waals surface area (Å²) in [4.78, 5) is 31.9. The standard InChI is InChI=1S/C31H25ClF2N2O5S/c1-4-40-30(38)27-17(2)35-31-36(28(27)19-6-8-21(32)9-7-19)29(37)26(42-31)14-18-5-11-24(39-3)20(13-18)16-41-25-12-10-22(33)15-23(25)34/h5-15,28H,4,16H2,1-3H3/b26-14+. The zero-order valence-electron chi connectivity index (χ0n) is 22.8. The molecule has 0 saturated carbocycles. The van der Waals surface area contributed by atoms with Crippen LogP contribution in [0.3, 0.4) is 0 Å². The SMILES string of the molecule is CCOC(=O)C1=C(C)N=c2s/c(=C/c3ccc(OC)c(COc4ccc(F)cc4F)c3)c(=O)n2C1c1ccc(Cl)cc1. The lowest BCUT2D eigenvalue weighted by molar-refractivity contribution is -0.139. The van der Waals surface area contributed by atoms with Crippen LogP contribution in [0.5, 0.6) is 11.5 Å². The summed E-state index contributed by atoms with van der Waals surface area (Å²) in [7, 11) is 1.50. The van der Waals surface area contributed by atoms with Crippen LogP contribution in [0.4, 0.5) is 8.78 Å². The van der Waals surface area contributed by atoms with E-state index in [0.717, 1.165) is 12.1 Å². The van der Waals surface area contributed by atoms with Gasteiger partial charge in [0.05, 0.1) is 35.6 Å². The first-order chi connectivity index (χ1) is 20.2. The molecule has 1 aromatic heterocycles. The number of carbonyl (C=O) groups is 1. The van der Waals surface area contributed by atoms with E-state index in [4.69, 9.17) is 25.8 Å². The van der Waals surface area contributed by atoms with Gasteiger partial charge in [-0.05, 0) is 67.4 Å². The van der Waals surface area contributed by atoms with E-state index in [9.17, 15) is 18.4 Å². The van der Waals surface area contributed by atoms with Crippen molar-refractivity contribution in [3.8, 4) is 11.5 Å². The number of halogens is 3. The Labute approximate surface area is 248 Å². The lowest BCUT2D eigenvalue weighted by atomic mass is 9.96. The van der Waals surface area contributed by atoms with Gasteiger partial charge in [-0.25, -0.2) is 18.6 Å². The second kappa shape index (κ2) is 12.3. The third kappa shape index (κ3) is 5.86. The van der Waals surface area contributed by atoms with Crippen molar-refractivity contribution in [2.45, 2.75) is 26.5 Å². The second-order valence-corrected chi connectivity index (χ2v) is 10.7. The Balaban J connectivity index is 1.57. The van der Waals surface area contributed by atoms with Crippen molar-refractivity contribution < 1.29 is 27.8 Å². The molecule has 3 aromatic carbocycles. The van der Waals surface area contributed by atoms with Gasteiger partial charge in [-0.3, -0.25) is 9.36 Å². The van der Waals surface area contributed by atoms with Crippen molar-refractivity contribution in [3.63, 3.8) is 0 Å². The summed E-state index contributed by atoms with van der Waals surface area (Å²) in [6.45, 7) is 3.54. The molecule has 0 N–H and O–H groups in total. The minimum Gasteiger partial charge on any atom is -0.496 e. The molecular weight excluding hydrogens is 586 g/mol. The van der Waals surface area contributed by atoms with Crippen LogP contribution in [-0.4, -0.2) is 24.3 Å². The van der Waals surface area contributed by atoms with Crippen molar-refractivity contribution >= 4 is 35.0 Å². The van der Waals surface area contributed by atoms with Gasteiger partial charge in [0.15, 0.2) is 16.4 Å². The molecule has 0 spiro atoms. The highest BCUT2D eigenvalue weighted by Gasteiger charge is 2.33. The fraction of sp³-hybridized carbons (Fsp3) is 0.194. The van der Waals surface area contributed by atoms with Crippen molar-refractivity contribution in [3.05, 3.63) is 125 Å². The molecule has 0 aliphatic carbocycles. The topological polar surface area (TPSA) is 79.1 Å². The van der Waals surface area contributed by atoms with E-state index in [2.05, 4.69) is 4.99 Å². The molecule has 216 valence electrons. The minimum atomic E-state index is -0.820. The summed E-state index contributed by atoms with van der Waals surface area (Å²) in [5.74, 6) is -1.69. The Bertz CT molecular complexity index is 1880. The van der Waals surface area contributed by atoms with Crippen LogP contribution in [-0.2, 0) is 16.1 Å². The van der Waals surface area contributed by atoms with Crippen LogP contribution < -0.4 is 24.4 Å². The molecule has 4 aromatic rings. The van der Waals surface area contributed by atoms with Crippen molar-refractivity contribution in [2.24, 2.45) is 4.99 Å². The molecule has 1 aliphatic heterocycles. The van der Waals surface area contributed by atoms with E-state index in [-0.39, 0.29) is 30.1 Å². The van der Waals surface area contributed by atoms with Gasteiger partial charge in [-0.1, -0.05) is 41.1 Å². The number of ether oxygens (including phenoxy) is 3. The number of esters is 1. The number of benzene rings is 3. The van der Waals surface area contributed by atoms with Gasteiger partial charge in [0, 0.05) is 16.7 Å². The Morgan fingerprint density at radius 3 is 2.52 bits per heavy atom. The molecule has 1 unspecified atom stereocenters. The molecule has 2 heterocycles. The van der Waals surface area contributed by atoms with Crippen molar-refractivity contribution in [2.75, 3.05) is 13.7 Å². The molecule has 1 atom stereocenters. The maximum atomic E-state index is 14.1. The average molecular weight is 611 g/mol.